The fraction of sp³-hybridized carbons (Fsp3) is 0.632. The maximum atomic E-state index is 13.2. The molecule has 2 unspecified atom stereocenters. The van der Waals surface area contributed by atoms with Crippen LogP contribution >= 0.6 is 24.0 Å². The van der Waals surface area contributed by atoms with Gasteiger partial charge in [0.05, 0.1) is 6.54 Å². The highest BCUT2D eigenvalue weighted by molar-refractivity contribution is 14.0. The van der Waals surface area contributed by atoms with Gasteiger partial charge in [0.15, 0.2) is 5.96 Å². The molecule has 148 valence electrons. The van der Waals surface area contributed by atoms with E-state index in [0.717, 1.165) is 32.1 Å². The zero-order valence-corrected chi connectivity index (χ0v) is 18.3. The predicted octanol–water partition coefficient (Wildman–Crippen LogP) is 3.11. The Kier molecular flexibility index (Phi) is 10.9. The lowest BCUT2D eigenvalue weighted by molar-refractivity contribution is 0.229. The molecule has 2 N–H and O–H groups in total. The number of halogens is 2. The lowest BCUT2D eigenvalue weighted by atomic mass is 10.1. The Morgan fingerprint density at radius 2 is 2.19 bits per heavy atom. The highest BCUT2D eigenvalue weighted by atomic mass is 127. The fourth-order valence-corrected chi connectivity index (χ4v) is 2.98. The minimum atomic E-state index is -0.291. The van der Waals surface area contributed by atoms with Gasteiger partial charge in [0.2, 0.25) is 0 Å². The van der Waals surface area contributed by atoms with Crippen LogP contribution in [-0.4, -0.2) is 56.2 Å². The molecule has 5 nitrogen and oxygen atoms in total. The van der Waals surface area contributed by atoms with Crippen molar-refractivity contribution in [1.82, 2.24) is 15.5 Å². The average Bonchev–Trinajstić information content (AvgIpc) is 3.05. The number of likely N-dealkylation sites (tertiary alicyclic amines) is 1. The molecule has 1 aromatic carbocycles. The van der Waals surface area contributed by atoms with Crippen LogP contribution < -0.4 is 15.4 Å². The van der Waals surface area contributed by atoms with Crippen molar-refractivity contribution in [3.8, 4) is 5.75 Å². The van der Waals surface area contributed by atoms with Crippen LogP contribution in [0.3, 0.4) is 0 Å². The summed E-state index contributed by atoms with van der Waals surface area (Å²) in [5.74, 6) is 1.73. The van der Waals surface area contributed by atoms with Crippen molar-refractivity contribution in [2.45, 2.75) is 33.3 Å². The van der Waals surface area contributed by atoms with Crippen LogP contribution in [0, 0.1) is 11.7 Å². The van der Waals surface area contributed by atoms with E-state index < -0.39 is 0 Å². The van der Waals surface area contributed by atoms with E-state index in [-0.39, 0.29) is 35.9 Å². The number of aliphatic imine (C=N–C) groups is 1. The van der Waals surface area contributed by atoms with Gasteiger partial charge < -0.3 is 20.3 Å². The smallest absolute Gasteiger partial charge is 0.191 e. The second-order valence-electron chi connectivity index (χ2n) is 6.53. The zero-order chi connectivity index (χ0) is 18.1. The van der Waals surface area contributed by atoms with E-state index in [9.17, 15) is 4.39 Å². The quantitative estimate of drug-likeness (QED) is 0.343. The number of benzene rings is 1. The first kappa shape index (κ1) is 23.0. The molecule has 7 heteroatoms. The number of nitrogens with one attached hydrogen (secondary N) is 2. The molecule has 1 aliphatic heterocycles. The molecule has 1 aliphatic rings. The summed E-state index contributed by atoms with van der Waals surface area (Å²) in [4.78, 5) is 7.07. The summed E-state index contributed by atoms with van der Waals surface area (Å²) in [6.45, 7) is 11.9. The molecule has 1 heterocycles. The van der Waals surface area contributed by atoms with Crippen LogP contribution in [0.4, 0.5) is 4.39 Å². The molecule has 26 heavy (non-hydrogen) atoms. The van der Waals surface area contributed by atoms with Crippen molar-refractivity contribution < 1.29 is 9.13 Å². The van der Waals surface area contributed by atoms with E-state index in [1.807, 2.05) is 6.92 Å². The van der Waals surface area contributed by atoms with Gasteiger partial charge in [-0.15, -0.1) is 24.0 Å². The van der Waals surface area contributed by atoms with Gasteiger partial charge >= 0.3 is 0 Å². The fourth-order valence-electron chi connectivity index (χ4n) is 2.98. The maximum Gasteiger partial charge on any atom is 0.191 e. The molecule has 0 aromatic heterocycles. The van der Waals surface area contributed by atoms with Gasteiger partial charge in [-0.2, -0.15) is 0 Å². The largest absolute Gasteiger partial charge is 0.489 e. The molecule has 1 fully saturated rings. The van der Waals surface area contributed by atoms with Crippen LogP contribution in [0.2, 0.25) is 0 Å². The van der Waals surface area contributed by atoms with Gasteiger partial charge in [-0.1, -0.05) is 13.0 Å². The number of rotatable bonds is 8. The lowest BCUT2D eigenvalue weighted by Gasteiger charge is -2.17. The standard InChI is InChI=1S/C19H31FN4O.HI/c1-4-21-19(23-13-16-9-10-24(5-2)14-16)22-12-15(3)25-18-8-6-7-17(20)11-18;/h6-8,11,15-16H,4-5,9-10,12-14H2,1-3H3,(H2,21,22,23);1H. The van der Waals surface area contributed by atoms with E-state index in [0.29, 0.717) is 18.2 Å². The SMILES string of the molecule is CCNC(=NCC(C)Oc1cccc(F)c1)NCC1CCN(CC)C1.I. The van der Waals surface area contributed by atoms with Crippen molar-refractivity contribution in [3.63, 3.8) is 0 Å². The first-order chi connectivity index (χ1) is 12.1. The molecule has 2 atom stereocenters. The third-order valence-electron chi connectivity index (χ3n) is 4.36. The number of guanidine groups is 1. The van der Waals surface area contributed by atoms with Gasteiger partial charge in [0, 0.05) is 25.7 Å². The van der Waals surface area contributed by atoms with Gasteiger partial charge in [-0.25, -0.2) is 9.38 Å². The zero-order valence-electron chi connectivity index (χ0n) is 16.0. The Morgan fingerprint density at radius 1 is 1.38 bits per heavy atom. The molecule has 0 aliphatic carbocycles. The van der Waals surface area contributed by atoms with E-state index in [1.54, 1.807) is 12.1 Å². The van der Waals surface area contributed by atoms with Gasteiger partial charge in [0.25, 0.3) is 0 Å². The molecule has 0 amide bonds. The molecule has 0 spiro atoms. The van der Waals surface area contributed by atoms with E-state index >= 15 is 0 Å². The Labute approximate surface area is 173 Å². The first-order valence-electron chi connectivity index (χ1n) is 9.27. The summed E-state index contributed by atoms with van der Waals surface area (Å²) in [6.07, 6.45) is 1.11. The van der Waals surface area contributed by atoms with Crippen molar-refractivity contribution in [1.29, 1.82) is 0 Å². The van der Waals surface area contributed by atoms with Gasteiger partial charge in [-0.05, 0) is 51.4 Å². The van der Waals surface area contributed by atoms with E-state index in [1.165, 1.54) is 25.1 Å². The summed E-state index contributed by atoms with van der Waals surface area (Å²) in [7, 11) is 0. The van der Waals surface area contributed by atoms with Gasteiger partial charge in [-0.3, -0.25) is 0 Å². The van der Waals surface area contributed by atoms with Crippen LogP contribution in [0.5, 0.6) is 5.75 Å². The Bertz CT molecular complexity index is 558. The van der Waals surface area contributed by atoms with Crippen LogP contribution in [0.1, 0.15) is 27.2 Å². The Morgan fingerprint density at radius 3 is 2.85 bits per heavy atom. The minimum Gasteiger partial charge on any atom is -0.489 e. The number of hydrogen-bond acceptors (Lipinski definition) is 3. The summed E-state index contributed by atoms with van der Waals surface area (Å²) in [5, 5.41) is 6.70. The Hall–Kier alpha value is -1.09. The monoisotopic (exact) mass is 478 g/mol. The van der Waals surface area contributed by atoms with Crippen LogP contribution in [0.15, 0.2) is 29.3 Å². The summed E-state index contributed by atoms with van der Waals surface area (Å²) in [5.41, 5.74) is 0. The third kappa shape index (κ3) is 8.07. The normalized spacial score (nSPS) is 18.9. The molecule has 2 rings (SSSR count). The predicted molar refractivity (Wildman–Crippen MR) is 116 cm³/mol. The molecule has 1 saturated heterocycles. The summed E-state index contributed by atoms with van der Waals surface area (Å²) < 4.78 is 18.9. The number of nitrogens with zero attached hydrogens (tertiary/aromatic N) is 2. The van der Waals surface area contributed by atoms with Crippen molar-refractivity contribution in [2.24, 2.45) is 10.9 Å². The Balaban J connectivity index is 0.00000338. The first-order valence-corrected chi connectivity index (χ1v) is 9.27. The minimum absolute atomic E-state index is 0. The van der Waals surface area contributed by atoms with Crippen LogP contribution in [0.25, 0.3) is 0 Å². The van der Waals surface area contributed by atoms with Crippen LogP contribution in [-0.2, 0) is 0 Å². The molecular weight excluding hydrogens is 446 g/mol. The number of ether oxygens (including phenoxy) is 1. The highest BCUT2D eigenvalue weighted by Gasteiger charge is 2.21. The van der Waals surface area contributed by atoms with E-state index in [2.05, 4.69) is 34.4 Å². The van der Waals surface area contributed by atoms with Gasteiger partial charge in [0.1, 0.15) is 17.7 Å². The molecule has 0 bridgehead atoms. The lowest BCUT2D eigenvalue weighted by Crippen LogP contribution is -2.41. The maximum absolute atomic E-state index is 13.2. The topological polar surface area (TPSA) is 48.9 Å². The molecule has 1 aromatic rings. The summed E-state index contributed by atoms with van der Waals surface area (Å²) in [6, 6.07) is 6.20. The average molecular weight is 478 g/mol. The van der Waals surface area contributed by atoms with Crippen molar-refractivity contribution in [3.05, 3.63) is 30.1 Å². The molecule has 0 radical (unpaired) electrons. The number of hydrogen-bond donors (Lipinski definition) is 2. The van der Waals surface area contributed by atoms with E-state index in [4.69, 9.17) is 4.74 Å². The second kappa shape index (κ2) is 12.3. The highest BCUT2D eigenvalue weighted by Crippen LogP contribution is 2.15. The molecule has 0 saturated carbocycles. The third-order valence-corrected chi connectivity index (χ3v) is 4.36. The second-order valence-corrected chi connectivity index (χ2v) is 6.53. The molecular formula is C19H32FIN4O. The van der Waals surface area contributed by atoms with Crippen molar-refractivity contribution >= 4 is 29.9 Å². The van der Waals surface area contributed by atoms with Crippen molar-refractivity contribution in [2.75, 3.05) is 39.3 Å². The summed E-state index contributed by atoms with van der Waals surface area (Å²) >= 11 is 0.